The van der Waals surface area contributed by atoms with E-state index < -0.39 is 17.8 Å². The largest absolute Gasteiger partial charge is 0.478 e. The Balaban J connectivity index is 1.67. The monoisotopic (exact) mass is 513 g/mol. The summed E-state index contributed by atoms with van der Waals surface area (Å²) in [6.45, 7) is 4.56. The van der Waals surface area contributed by atoms with Crippen molar-refractivity contribution in [3.8, 4) is 11.8 Å². The molecule has 0 fully saturated rings. The first-order valence-corrected chi connectivity index (χ1v) is 13.4. The highest BCUT2D eigenvalue weighted by Gasteiger charge is 2.20. The smallest absolute Gasteiger partial charge is 0.338 e. The number of ketones is 1. The molecular formula is C33H36FNO3. The Morgan fingerprint density at radius 3 is 2.05 bits per heavy atom. The molecule has 0 aliphatic heterocycles. The predicted molar refractivity (Wildman–Crippen MR) is 150 cm³/mol. The van der Waals surface area contributed by atoms with E-state index in [2.05, 4.69) is 43.1 Å². The molecule has 0 saturated heterocycles. The van der Waals surface area contributed by atoms with Crippen LogP contribution < -0.4 is 5.32 Å². The van der Waals surface area contributed by atoms with E-state index in [0.717, 1.165) is 42.9 Å². The number of benzene rings is 3. The Bertz CT molecular complexity index is 1270. The SMILES string of the molecule is CCCCCC(NCc1ccc(F)c(C(=O)O)c1)C(=O)c1ccc(C#Cc2ccc(CCCC)cc2)cc1. The Morgan fingerprint density at radius 2 is 1.45 bits per heavy atom. The van der Waals surface area contributed by atoms with Crippen LogP contribution in [0.2, 0.25) is 0 Å². The molecule has 198 valence electrons. The number of rotatable bonds is 13. The molecule has 1 atom stereocenters. The summed E-state index contributed by atoms with van der Waals surface area (Å²) in [6.07, 6.45) is 7.05. The summed E-state index contributed by atoms with van der Waals surface area (Å²) in [4.78, 5) is 24.6. The van der Waals surface area contributed by atoms with Gasteiger partial charge >= 0.3 is 5.97 Å². The maximum Gasteiger partial charge on any atom is 0.338 e. The topological polar surface area (TPSA) is 66.4 Å². The van der Waals surface area contributed by atoms with Crippen LogP contribution in [0.1, 0.15) is 95.3 Å². The van der Waals surface area contributed by atoms with Crippen molar-refractivity contribution >= 4 is 11.8 Å². The first-order chi connectivity index (χ1) is 18.4. The number of hydrogen-bond donors (Lipinski definition) is 2. The van der Waals surface area contributed by atoms with Crippen molar-refractivity contribution in [1.29, 1.82) is 0 Å². The summed E-state index contributed by atoms with van der Waals surface area (Å²) in [6, 6.07) is 19.2. The lowest BCUT2D eigenvalue weighted by atomic mass is 9.97. The van der Waals surface area contributed by atoms with Crippen molar-refractivity contribution < 1.29 is 19.1 Å². The highest BCUT2D eigenvalue weighted by Crippen LogP contribution is 2.15. The molecule has 0 aliphatic rings. The molecule has 4 nitrogen and oxygen atoms in total. The Morgan fingerprint density at radius 1 is 0.842 bits per heavy atom. The Labute approximate surface area is 225 Å². The minimum Gasteiger partial charge on any atom is -0.478 e. The number of nitrogens with one attached hydrogen (secondary N) is 1. The van der Waals surface area contributed by atoms with Crippen molar-refractivity contribution in [2.75, 3.05) is 0 Å². The van der Waals surface area contributed by atoms with Crippen molar-refractivity contribution in [1.82, 2.24) is 5.32 Å². The molecule has 0 spiro atoms. The van der Waals surface area contributed by atoms with Crippen LogP contribution in [0.15, 0.2) is 66.7 Å². The summed E-state index contributed by atoms with van der Waals surface area (Å²) >= 11 is 0. The molecule has 3 aromatic carbocycles. The summed E-state index contributed by atoms with van der Waals surface area (Å²) in [5.41, 5.74) is 3.94. The fourth-order valence-electron chi connectivity index (χ4n) is 4.21. The standard InChI is InChI=1S/C33H36FNO3/c1-3-5-7-9-31(35-23-27-18-21-30(34)29(22-27)33(37)38)32(36)28-19-16-26(17-20-28)15-14-25-12-10-24(11-13-25)8-6-4-2/h10-13,16-22,31,35H,3-9,23H2,1-2H3,(H,37,38). The zero-order valence-electron chi connectivity index (χ0n) is 22.2. The van der Waals surface area contributed by atoms with Crippen molar-refractivity contribution in [3.63, 3.8) is 0 Å². The van der Waals surface area contributed by atoms with Gasteiger partial charge in [0.05, 0.1) is 11.6 Å². The van der Waals surface area contributed by atoms with Crippen LogP contribution in [0.4, 0.5) is 4.39 Å². The van der Waals surface area contributed by atoms with Gasteiger partial charge in [-0.3, -0.25) is 4.79 Å². The third-order valence-electron chi connectivity index (χ3n) is 6.52. The third-order valence-corrected chi connectivity index (χ3v) is 6.52. The van der Waals surface area contributed by atoms with Crippen LogP contribution >= 0.6 is 0 Å². The second-order valence-corrected chi connectivity index (χ2v) is 9.54. The molecule has 0 bridgehead atoms. The van der Waals surface area contributed by atoms with Crippen molar-refractivity contribution in [2.24, 2.45) is 0 Å². The van der Waals surface area contributed by atoms with Crippen molar-refractivity contribution in [2.45, 2.75) is 71.4 Å². The minimum atomic E-state index is -1.31. The average molecular weight is 514 g/mol. The third kappa shape index (κ3) is 8.68. The van der Waals surface area contributed by atoms with Gasteiger partial charge in [0.15, 0.2) is 5.78 Å². The van der Waals surface area contributed by atoms with Gasteiger partial charge in [-0.1, -0.05) is 81.7 Å². The normalized spacial score (nSPS) is 11.4. The number of Topliss-reactive ketones (excluding diaryl/α,β-unsaturated/α-hetero) is 1. The van der Waals surface area contributed by atoms with E-state index in [1.165, 1.54) is 30.5 Å². The van der Waals surface area contributed by atoms with E-state index in [1.807, 2.05) is 24.3 Å². The maximum absolute atomic E-state index is 13.8. The van der Waals surface area contributed by atoms with E-state index in [4.69, 9.17) is 0 Å². The zero-order chi connectivity index (χ0) is 27.3. The van der Waals surface area contributed by atoms with Crippen LogP contribution in [-0.2, 0) is 13.0 Å². The van der Waals surface area contributed by atoms with Gasteiger partial charge in [0.1, 0.15) is 5.82 Å². The number of aryl methyl sites for hydroxylation is 1. The number of carbonyl (C=O) groups is 2. The quantitative estimate of drug-likeness (QED) is 0.144. The molecule has 2 N–H and O–H groups in total. The van der Waals surface area contributed by atoms with Gasteiger partial charge in [0.2, 0.25) is 0 Å². The molecule has 0 heterocycles. The van der Waals surface area contributed by atoms with Crippen LogP contribution in [0.25, 0.3) is 0 Å². The fourth-order valence-corrected chi connectivity index (χ4v) is 4.21. The minimum absolute atomic E-state index is 0.0242. The number of aromatic carboxylic acids is 1. The van der Waals surface area contributed by atoms with Gasteiger partial charge in [-0.25, -0.2) is 9.18 Å². The van der Waals surface area contributed by atoms with Crippen molar-refractivity contribution in [3.05, 3.63) is 106 Å². The second-order valence-electron chi connectivity index (χ2n) is 9.54. The number of hydrogen-bond acceptors (Lipinski definition) is 3. The van der Waals surface area contributed by atoms with Crippen LogP contribution in [-0.4, -0.2) is 22.9 Å². The van der Waals surface area contributed by atoms with E-state index in [-0.39, 0.29) is 17.9 Å². The lowest BCUT2D eigenvalue weighted by Crippen LogP contribution is -2.36. The molecular weight excluding hydrogens is 477 g/mol. The van der Waals surface area contributed by atoms with Crippen LogP contribution in [0, 0.1) is 17.7 Å². The molecule has 3 rings (SSSR count). The Kier molecular flexibility index (Phi) is 11.3. The number of unbranched alkanes of at least 4 members (excludes halogenated alkanes) is 3. The van der Waals surface area contributed by atoms with Gasteiger partial charge in [-0.15, -0.1) is 0 Å². The lowest BCUT2D eigenvalue weighted by Gasteiger charge is -2.18. The number of carboxylic acids is 1. The summed E-state index contributed by atoms with van der Waals surface area (Å²) in [7, 11) is 0. The number of halogens is 1. The van der Waals surface area contributed by atoms with E-state index in [0.29, 0.717) is 17.5 Å². The number of carboxylic acid groups (broad SMARTS) is 1. The van der Waals surface area contributed by atoms with Gasteiger partial charge in [-0.05, 0) is 66.8 Å². The van der Waals surface area contributed by atoms with Gasteiger partial charge < -0.3 is 10.4 Å². The molecule has 3 aromatic rings. The highest BCUT2D eigenvalue weighted by atomic mass is 19.1. The summed E-state index contributed by atoms with van der Waals surface area (Å²) in [5.74, 6) is 4.25. The summed E-state index contributed by atoms with van der Waals surface area (Å²) < 4.78 is 13.8. The van der Waals surface area contributed by atoms with Crippen LogP contribution in [0.5, 0.6) is 0 Å². The predicted octanol–water partition coefficient (Wildman–Crippen LogP) is 7.19. The zero-order valence-corrected chi connectivity index (χ0v) is 22.2. The molecule has 0 aromatic heterocycles. The van der Waals surface area contributed by atoms with E-state index in [1.54, 1.807) is 12.1 Å². The van der Waals surface area contributed by atoms with E-state index in [9.17, 15) is 19.1 Å². The van der Waals surface area contributed by atoms with Gasteiger partial charge in [0, 0.05) is 23.2 Å². The first-order valence-electron chi connectivity index (χ1n) is 13.4. The van der Waals surface area contributed by atoms with Gasteiger partial charge in [0.25, 0.3) is 0 Å². The van der Waals surface area contributed by atoms with Crippen LogP contribution in [0.3, 0.4) is 0 Å². The lowest BCUT2D eigenvalue weighted by molar-refractivity contribution is 0.0691. The second kappa shape index (κ2) is 14.9. The first kappa shape index (κ1) is 28.8. The van der Waals surface area contributed by atoms with Gasteiger partial charge in [-0.2, -0.15) is 0 Å². The molecule has 5 heteroatoms. The molecule has 0 amide bonds. The molecule has 38 heavy (non-hydrogen) atoms. The maximum atomic E-state index is 13.8. The highest BCUT2D eigenvalue weighted by molar-refractivity contribution is 6.00. The average Bonchev–Trinajstić information content (AvgIpc) is 2.93. The molecule has 0 aliphatic carbocycles. The fraction of sp³-hybridized carbons (Fsp3) is 0.333. The molecule has 1 unspecified atom stereocenters. The number of carbonyl (C=O) groups excluding carboxylic acids is 1. The molecule has 0 radical (unpaired) electrons. The summed E-state index contributed by atoms with van der Waals surface area (Å²) in [5, 5.41) is 12.5. The Hall–Kier alpha value is -3.75. The molecule has 0 saturated carbocycles. The van der Waals surface area contributed by atoms with E-state index >= 15 is 0 Å².